The van der Waals surface area contributed by atoms with Crippen molar-refractivity contribution in [2.24, 2.45) is 5.41 Å². The van der Waals surface area contributed by atoms with Crippen molar-refractivity contribution >= 4 is 28.5 Å². The third-order valence-electron chi connectivity index (χ3n) is 6.80. The van der Waals surface area contributed by atoms with Crippen molar-refractivity contribution in [3.05, 3.63) is 39.9 Å². The molecule has 2 N–H and O–H groups in total. The fraction of sp³-hybridized carbons (Fsp3) is 0.593. The van der Waals surface area contributed by atoms with Gasteiger partial charge in [-0.2, -0.15) is 0 Å². The van der Waals surface area contributed by atoms with Crippen LogP contribution in [-0.4, -0.2) is 64.7 Å². The van der Waals surface area contributed by atoms with E-state index in [2.05, 4.69) is 31.0 Å². The molecule has 2 aliphatic rings. The molecule has 0 atom stereocenters. The van der Waals surface area contributed by atoms with Crippen molar-refractivity contribution in [2.75, 3.05) is 37.6 Å². The first-order valence-corrected chi connectivity index (χ1v) is 12.6. The van der Waals surface area contributed by atoms with Crippen LogP contribution in [-0.2, 0) is 4.79 Å². The quantitative estimate of drug-likeness (QED) is 0.603. The number of hydrogen-bond donors (Lipinski definition) is 2. The van der Waals surface area contributed by atoms with Crippen LogP contribution in [0.15, 0.2) is 23.1 Å². The lowest BCUT2D eigenvalue weighted by Crippen LogP contribution is -2.53. The number of fused-ring (bicyclic) bond motifs is 1. The van der Waals surface area contributed by atoms with Gasteiger partial charge >= 0.3 is 5.97 Å². The van der Waals surface area contributed by atoms with Crippen LogP contribution in [0, 0.1) is 11.2 Å². The lowest BCUT2D eigenvalue weighted by molar-refractivity contribution is -0.124. The molecule has 0 radical (unpaired) electrons. The molecule has 1 aromatic heterocycles. The van der Waals surface area contributed by atoms with E-state index in [0.717, 1.165) is 19.3 Å². The number of carbonyl (C=O) groups excluding carboxylic acids is 1. The Hall–Kier alpha value is -2.94. The molecule has 2 aromatic rings. The standard InChI is InChI=1S/C27H37FN4O4/c1-26(2,3)16-27(4,5)29-23(33)15-30-8-10-31(11-9-30)22-13-21-18(12-20(22)28)24(34)19(25(35)36)14-32(21)17-6-7-17/h12-14,17H,6-11,15-16H2,1-5H3,(H,29,33)(H,35,36). The maximum atomic E-state index is 15.2. The number of halogens is 1. The van der Waals surface area contributed by atoms with Crippen LogP contribution in [0.5, 0.6) is 0 Å². The molecule has 0 spiro atoms. The largest absolute Gasteiger partial charge is 0.477 e. The Morgan fingerprint density at radius 2 is 1.72 bits per heavy atom. The Bertz CT molecular complexity index is 1240. The summed E-state index contributed by atoms with van der Waals surface area (Å²) in [5.74, 6) is -1.86. The van der Waals surface area contributed by atoms with E-state index in [0.29, 0.717) is 43.9 Å². The van der Waals surface area contributed by atoms with Gasteiger partial charge in [-0.15, -0.1) is 0 Å². The minimum Gasteiger partial charge on any atom is -0.477 e. The Morgan fingerprint density at radius 1 is 1.08 bits per heavy atom. The molecule has 1 aliphatic heterocycles. The zero-order chi connectivity index (χ0) is 26.4. The monoisotopic (exact) mass is 500 g/mol. The average Bonchev–Trinajstić information content (AvgIpc) is 3.57. The number of nitrogens with one attached hydrogen (secondary N) is 1. The van der Waals surface area contributed by atoms with Gasteiger partial charge in [-0.05, 0) is 50.7 Å². The van der Waals surface area contributed by atoms with Gasteiger partial charge in [0.25, 0.3) is 0 Å². The highest BCUT2D eigenvalue weighted by Gasteiger charge is 2.30. The SMILES string of the molecule is CC(C)(C)CC(C)(C)NC(=O)CN1CCN(c2cc3c(cc2F)c(=O)c(C(=O)O)cn3C2CC2)CC1. The number of amides is 1. The molecule has 1 saturated carbocycles. The van der Waals surface area contributed by atoms with Crippen LogP contribution >= 0.6 is 0 Å². The molecule has 2 fully saturated rings. The van der Waals surface area contributed by atoms with Gasteiger partial charge in [0.2, 0.25) is 11.3 Å². The highest BCUT2D eigenvalue weighted by atomic mass is 19.1. The van der Waals surface area contributed by atoms with Gasteiger partial charge in [0.1, 0.15) is 11.4 Å². The minimum absolute atomic E-state index is 0.0164. The van der Waals surface area contributed by atoms with Crippen LogP contribution in [0.25, 0.3) is 10.9 Å². The highest BCUT2D eigenvalue weighted by Crippen LogP contribution is 2.38. The molecule has 0 bridgehead atoms. The van der Waals surface area contributed by atoms with Crippen molar-refractivity contribution in [1.29, 1.82) is 0 Å². The molecule has 0 unspecified atom stereocenters. The van der Waals surface area contributed by atoms with E-state index in [1.54, 1.807) is 6.07 Å². The van der Waals surface area contributed by atoms with E-state index in [4.69, 9.17) is 0 Å². The number of anilines is 1. The number of hydrogen-bond acceptors (Lipinski definition) is 5. The summed E-state index contributed by atoms with van der Waals surface area (Å²) in [6.45, 7) is 13.1. The molecule has 1 aromatic carbocycles. The maximum absolute atomic E-state index is 15.2. The van der Waals surface area contributed by atoms with Crippen molar-refractivity contribution in [1.82, 2.24) is 14.8 Å². The summed E-state index contributed by atoms with van der Waals surface area (Å²) >= 11 is 0. The predicted octanol–water partition coefficient (Wildman–Crippen LogP) is 3.63. The fourth-order valence-corrected chi connectivity index (χ4v) is 5.55. The molecule has 36 heavy (non-hydrogen) atoms. The molecule has 1 amide bonds. The third kappa shape index (κ3) is 5.88. The first-order valence-electron chi connectivity index (χ1n) is 12.6. The summed E-state index contributed by atoms with van der Waals surface area (Å²) in [5, 5.41) is 12.7. The van der Waals surface area contributed by atoms with Crippen LogP contribution in [0.1, 0.15) is 70.3 Å². The van der Waals surface area contributed by atoms with E-state index in [1.165, 1.54) is 12.3 Å². The molecule has 1 aliphatic carbocycles. The van der Waals surface area contributed by atoms with E-state index in [-0.39, 0.29) is 33.9 Å². The number of piperazine rings is 1. The second-order valence-electron chi connectivity index (χ2n) is 12.1. The lowest BCUT2D eigenvalue weighted by atomic mass is 9.82. The smallest absolute Gasteiger partial charge is 0.341 e. The summed E-state index contributed by atoms with van der Waals surface area (Å²) in [5.41, 5.74) is -0.235. The van der Waals surface area contributed by atoms with Crippen molar-refractivity contribution in [2.45, 2.75) is 65.5 Å². The third-order valence-corrected chi connectivity index (χ3v) is 6.80. The first-order chi connectivity index (χ1) is 16.7. The number of nitrogens with zero attached hydrogens (tertiary/aromatic N) is 3. The zero-order valence-electron chi connectivity index (χ0n) is 21.9. The Balaban J connectivity index is 1.47. The van der Waals surface area contributed by atoms with Crippen LogP contribution in [0.3, 0.4) is 0 Å². The molecule has 4 rings (SSSR count). The van der Waals surface area contributed by atoms with Crippen LogP contribution in [0.2, 0.25) is 0 Å². The summed E-state index contributed by atoms with van der Waals surface area (Å²) in [6.07, 6.45) is 4.05. The Morgan fingerprint density at radius 3 is 2.28 bits per heavy atom. The lowest BCUT2D eigenvalue weighted by Gasteiger charge is -2.37. The molecule has 2 heterocycles. The van der Waals surface area contributed by atoms with Gasteiger partial charge in [-0.1, -0.05) is 20.8 Å². The van der Waals surface area contributed by atoms with Crippen molar-refractivity contribution in [3.8, 4) is 0 Å². The van der Waals surface area contributed by atoms with E-state index in [1.807, 2.05) is 23.3 Å². The zero-order valence-corrected chi connectivity index (χ0v) is 21.9. The van der Waals surface area contributed by atoms with Gasteiger partial charge in [-0.25, -0.2) is 9.18 Å². The summed E-state index contributed by atoms with van der Waals surface area (Å²) in [4.78, 5) is 40.9. The number of carboxylic acids is 1. The number of rotatable bonds is 7. The van der Waals surface area contributed by atoms with Crippen molar-refractivity contribution < 1.29 is 19.1 Å². The second kappa shape index (κ2) is 9.50. The molecule has 196 valence electrons. The normalized spacial score (nSPS) is 17.4. The topological polar surface area (TPSA) is 94.9 Å². The van der Waals surface area contributed by atoms with Crippen LogP contribution < -0.4 is 15.6 Å². The van der Waals surface area contributed by atoms with E-state index < -0.39 is 17.2 Å². The van der Waals surface area contributed by atoms with Gasteiger partial charge in [0.05, 0.1) is 17.7 Å². The van der Waals surface area contributed by atoms with Gasteiger partial charge in [0, 0.05) is 49.3 Å². The van der Waals surface area contributed by atoms with E-state index in [9.17, 15) is 19.5 Å². The van der Waals surface area contributed by atoms with Gasteiger partial charge < -0.3 is 19.9 Å². The summed E-state index contributed by atoms with van der Waals surface area (Å²) < 4.78 is 17.0. The number of benzene rings is 1. The fourth-order valence-electron chi connectivity index (χ4n) is 5.55. The molecule has 9 heteroatoms. The maximum Gasteiger partial charge on any atom is 0.341 e. The number of carbonyl (C=O) groups is 2. The number of aromatic nitrogens is 1. The van der Waals surface area contributed by atoms with Crippen LogP contribution in [0.4, 0.5) is 10.1 Å². The van der Waals surface area contributed by atoms with E-state index >= 15 is 4.39 Å². The molecule has 8 nitrogen and oxygen atoms in total. The molecular weight excluding hydrogens is 463 g/mol. The molecular formula is C27H37FN4O4. The molecule has 1 saturated heterocycles. The Labute approximate surface area is 211 Å². The summed E-state index contributed by atoms with van der Waals surface area (Å²) in [7, 11) is 0. The average molecular weight is 501 g/mol. The highest BCUT2D eigenvalue weighted by molar-refractivity contribution is 5.93. The number of carboxylic acid groups (broad SMARTS) is 1. The van der Waals surface area contributed by atoms with Gasteiger partial charge in [-0.3, -0.25) is 14.5 Å². The Kier molecular flexibility index (Phi) is 6.90. The van der Waals surface area contributed by atoms with Gasteiger partial charge in [0.15, 0.2) is 0 Å². The van der Waals surface area contributed by atoms with Crippen molar-refractivity contribution in [3.63, 3.8) is 0 Å². The predicted molar refractivity (Wildman–Crippen MR) is 138 cm³/mol. The first kappa shape index (κ1) is 26.1. The number of aromatic carboxylic acids is 1. The summed E-state index contributed by atoms with van der Waals surface area (Å²) in [6, 6.07) is 2.98. The minimum atomic E-state index is -1.30. The second-order valence-corrected chi connectivity index (χ2v) is 12.1. The number of pyridine rings is 1.